The van der Waals surface area contributed by atoms with Crippen LogP contribution in [0.1, 0.15) is 0 Å². The molecule has 0 aromatic heterocycles. The van der Waals surface area contributed by atoms with Gasteiger partial charge < -0.3 is 37.3 Å². The molecule has 0 saturated heterocycles. The van der Waals surface area contributed by atoms with Crippen LogP contribution in [0.25, 0.3) is 0 Å². The summed E-state index contributed by atoms with van der Waals surface area (Å²) in [4.78, 5) is 34.3. The van der Waals surface area contributed by atoms with Crippen LogP contribution in [0.2, 0.25) is 0 Å². The minimum Gasteiger partial charge on any atom is -0.894 e. The van der Waals surface area contributed by atoms with Crippen LogP contribution in [0.5, 0.6) is 0 Å². The van der Waals surface area contributed by atoms with Gasteiger partial charge in [0.25, 0.3) is 0 Å². The third kappa shape index (κ3) is 1120. The van der Waals surface area contributed by atoms with Crippen molar-refractivity contribution in [1.82, 2.24) is 0 Å². The minimum atomic E-state index is -5.61. The van der Waals surface area contributed by atoms with Gasteiger partial charge in [-0.1, -0.05) is 0 Å². The van der Waals surface area contributed by atoms with Gasteiger partial charge in [-0.05, 0) is 0 Å². The molecule has 64 valence electrons. The fourth-order valence-electron chi connectivity index (χ4n) is 0. The monoisotopic (exact) mass is 242 g/mol. The smallest absolute Gasteiger partial charge is 0.894 e. The predicted molar refractivity (Wildman–Crippen MR) is 27.7 cm³/mol. The van der Waals surface area contributed by atoms with Crippen LogP contribution in [0.3, 0.4) is 0 Å². The first-order valence-corrected chi connectivity index (χ1v) is 4.45. The molecule has 0 aromatic rings. The zero-order valence-electron chi connectivity index (χ0n) is 5.33. The summed E-state index contributed by atoms with van der Waals surface area (Å²) >= 11 is 0. The van der Waals surface area contributed by atoms with Crippen LogP contribution in [0, 0.1) is 0 Å². The van der Waals surface area contributed by atoms with Crippen LogP contribution in [-0.4, -0.2) is 61.3 Å². The van der Waals surface area contributed by atoms with E-state index in [-0.39, 0.29) is 34.7 Å². The molecule has 0 heterocycles. The Morgan fingerprint density at radius 2 is 0.833 bits per heavy atom. The average molecular weight is 242 g/mol. The summed E-state index contributed by atoms with van der Waals surface area (Å²) in [7, 11) is -10.8. The molecule has 0 amide bonds. The topological polar surface area (TPSA) is 172 Å². The molecule has 0 aromatic carbocycles. The molecule has 0 rings (SSSR count). The van der Waals surface area contributed by atoms with Crippen LogP contribution in [0.15, 0.2) is 0 Å². The van der Waals surface area contributed by atoms with Crippen LogP contribution < -0.4 is 19.2 Å². The van der Waals surface area contributed by atoms with Gasteiger partial charge in [-0.2, -0.15) is 0 Å². The molecule has 0 unspecified atom stereocenters. The van der Waals surface area contributed by atoms with Crippen molar-refractivity contribution >= 4 is 54.2 Å². The average Bonchev–Trinajstić information content (AvgIpc) is 1.12. The van der Waals surface area contributed by atoms with Gasteiger partial charge in [0.2, 0.25) is 0 Å². The van der Waals surface area contributed by atoms with Crippen LogP contribution in [-0.2, 0) is 10.4 Å². The van der Waals surface area contributed by atoms with Gasteiger partial charge in [-0.15, -0.1) is 0 Å². The first-order valence-electron chi connectivity index (χ1n) is 1.48. The van der Waals surface area contributed by atoms with E-state index in [9.17, 15) is 0 Å². The third-order valence-electron chi connectivity index (χ3n) is 0. The van der Waals surface area contributed by atoms with E-state index in [1.807, 2.05) is 0 Å². The van der Waals surface area contributed by atoms with E-state index in [1.165, 1.54) is 0 Å². The maximum atomic E-state index is 8.58. The van der Waals surface area contributed by atoms with Gasteiger partial charge in [0.1, 0.15) is 0 Å². The quantitative estimate of drug-likeness (QED) is 0.228. The number of hydrogen-bond donors (Lipinski definition) is 0. The maximum absolute atomic E-state index is 8.58. The first kappa shape index (κ1) is 23.1. The Bertz CT molecular complexity index is 152. The van der Waals surface area contributed by atoms with Gasteiger partial charge in [0.05, 0.1) is 0 Å². The molecule has 0 aliphatic heterocycles. The van der Waals surface area contributed by atoms with E-state index in [0.717, 1.165) is 0 Å². The van der Waals surface area contributed by atoms with Crippen molar-refractivity contribution in [2.75, 3.05) is 0 Å². The Morgan fingerprint density at radius 1 is 0.833 bits per heavy atom. The van der Waals surface area contributed by atoms with E-state index in [0.29, 0.717) is 0 Å². The van der Waals surface area contributed by atoms with E-state index >= 15 is 0 Å². The molecular formula is Al2O8SSi. The molecule has 12 heavy (non-hydrogen) atoms. The van der Waals surface area contributed by atoms with Gasteiger partial charge in [-0.3, -0.25) is 8.42 Å². The molecule has 0 N–H and O–H groups in total. The predicted octanol–water partition coefficient (Wildman–Crippen LogP) is -7.24. The van der Waals surface area contributed by atoms with Crippen molar-refractivity contribution in [1.29, 1.82) is 0 Å². The van der Waals surface area contributed by atoms with Crippen LogP contribution in [0.4, 0.5) is 0 Å². The summed E-state index contributed by atoms with van der Waals surface area (Å²) in [6.45, 7) is 0. The first-order chi connectivity index (χ1) is 4.00. The van der Waals surface area contributed by atoms with Gasteiger partial charge in [-0.25, -0.2) is 0 Å². The molecule has 0 radical (unpaired) electrons. The Hall–Kier alpha value is 0.992. The molecule has 0 bridgehead atoms. The van der Waals surface area contributed by atoms with Crippen molar-refractivity contribution in [2.24, 2.45) is 0 Å². The number of rotatable bonds is 0. The summed E-state index contributed by atoms with van der Waals surface area (Å²) in [5, 5.41) is 0. The van der Waals surface area contributed by atoms with Crippen molar-refractivity contribution in [3.63, 3.8) is 0 Å². The summed E-state index contributed by atoms with van der Waals surface area (Å²) in [5.74, 6) is 0. The molecule has 0 atom stereocenters. The minimum absolute atomic E-state index is 0. The van der Waals surface area contributed by atoms with Gasteiger partial charge in [0, 0.05) is 10.4 Å². The Morgan fingerprint density at radius 3 is 0.833 bits per heavy atom. The molecule has 0 fully saturated rings. The fraction of sp³-hybridized carbons (Fsp3) is 0. The molecule has 0 aliphatic carbocycles. The van der Waals surface area contributed by atoms with Crippen molar-refractivity contribution in [3.05, 3.63) is 0 Å². The standard InChI is InChI=1S/2Al.H2O4S.O4Si/c;;2*1-5(2,3)4/h;;(H2,1,2,3,4);/q2*+3;;-4/p-2. The second-order valence-electron chi connectivity index (χ2n) is 0.908. The second kappa shape index (κ2) is 8.58. The molecule has 0 aliphatic rings. The third-order valence-corrected chi connectivity index (χ3v) is 0. The molecule has 0 saturated carbocycles. The maximum Gasteiger partial charge on any atom is 3.00 e. The van der Waals surface area contributed by atoms with Gasteiger partial charge >= 0.3 is 34.7 Å². The van der Waals surface area contributed by atoms with E-state index in [4.69, 9.17) is 36.7 Å². The summed E-state index contributed by atoms with van der Waals surface area (Å²) in [6, 6.07) is 0. The van der Waals surface area contributed by atoms with E-state index in [1.54, 1.807) is 0 Å². The molecule has 8 nitrogen and oxygen atoms in total. The van der Waals surface area contributed by atoms with Crippen molar-refractivity contribution in [3.8, 4) is 0 Å². The van der Waals surface area contributed by atoms with E-state index in [2.05, 4.69) is 0 Å². The van der Waals surface area contributed by atoms with Crippen molar-refractivity contribution in [2.45, 2.75) is 0 Å². The zero-order valence-corrected chi connectivity index (χ0v) is 9.45. The largest absolute Gasteiger partial charge is 3.00 e. The Balaban J connectivity index is -0.0000000457. The van der Waals surface area contributed by atoms with E-state index < -0.39 is 19.4 Å². The second-order valence-corrected chi connectivity index (χ2v) is 2.72. The van der Waals surface area contributed by atoms with Crippen LogP contribution >= 0.6 is 0 Å². The van der Waals surface area contributed by atoms with Gasteiger partial charge in [0.15, 0.2) is 0 Å². The summed E-state index contributed by atoms with van der Waals surface area (Å²) in [5.41, 5.74) is 0. The molecule has 12 heteroatoms. The summed E-state index contributed by atoms with van der Waals surface area (Å²) < 4.78 is 34.1. The molecular weight excluding hydrogens is 242 g/mol. The molecule has 0 spiro atoms. The van der Waals surface area contributed by atoms with Crippen molar-refractivity contribution < 1.29 is 36.7 Å². The Labute approximate surface area is 90.8 Å². The SMILES string of the molecule is O=S(=O)([O-])[O-].[Al+3].[Al+3].[O-][Si]([O-])([O-])[O-]. The fourth-order valence-corrected chi connectivity index (χ4v) is 0. The summed E-state index contributed by atoms with van der Waals surface area (Å²) in [6.07, 6.45) is 0. The Kier molecular flexibility index (Phi) is 16.5. The number of hydrogen-bond acceptors (Lipinski definition) is 8. The zero-order chi connectivity index (χ0) is 9.00. The normalized spacial score (nSPS) is 9.83.